The van der Waals surface area contributed by atoms with Gasteiger partial charge in [0.1, 0.15) is 0 Å². The predicted molar refractivity (Wildman–Crippen MR) is 114 cm³/mol. The molecule has 2 aliphatic heterocycles. The van der Waals surface area contributed by atoms with Gasteiger partial charge in [-0.1, -0.05) is 0 Å². The van der Waals surface area contributed by atoms with Gasteiger partial charge in [0.15, 0.2) is 11.5 Å². The molecule has 1 aromatic carbocycles. The second kappa shape index (κ2) is 8.95. The van der Waals surface area contributed by atoms with Crippen molar-refractivity contribution in [1.82, 2.24) is 14.9 Å². The molecule has 4 rings (SSSR count). The highest BCUT2D eigenvalue weighted by atomic mass is 16.5. The van der Waals surface area contributed by atoms with Gasteiger partial charge in [-0.25, -0.2) is 4.98 Å². The van der Waals surface area contributed by atoms with Crippen molar-refractivity contribution < 1.29 is 19.7 Å². The normalized spacial score (nSPS) is 19.8. The van der Waals surface area contributed by atoms with Crippen LogP contribution in [0, 0.1) is 0 Å². The molecule has 162 valence electrons. The molecule has 0 amide bonds. The standard InChI is InChI=1S/C22H30N4O4/c1-29-18-10-15(11-19(30-2)21(18)28)13-25-7-5-6-16(14-25)17-12-20(27)24-22(23-17)26-8-3-4-9-26/h10-12,16,28H,3-9,13-14H2,1-2H3,(H,23,24,27). The number of ether oxygens (including phenoxy) is 2. The van der Waals surface area contributed by atoms with Crippen molar-refractivity contribution in [3.63, 3.8) is 0 Å². The first-order valence-corrected chi connectivity index (χ1v) is 10.6. The van der Waals surface area contributed by atoms with E-state index in [-0.39, 0.29) is 17.5 Å². The summed E-state index contributed by atoms with van der Waals surface area (Å²) in [5.41, 5.74) is 1.93. The average molecular weight is 415 g/mol. The number of nitrogens with zero attached hydrogens (tertiary/aromatic N) is 4. The van der Waals surface area contributed by atoms with E-state index in [0.29, 0.717) is 17.4 Å². The fourth-order valence-corrected chi connectivity index (χ4v) is 4.45. The Balaban J connectivity index is 1.50. The van der Waals surface area contributed by atoms with Crippen LogP contribution < -0.4 is 14.4 Å². The minimum Gasteiger partial charge on any atom is -0.502 e. The smallest absolute Gasteiger partial charge is 0.228 e. The summed E-state index contributed by atoms with van der Waals surface area (Å²) in [5, 5.41) is 20.3. The van der Waals surface area contributed by atoms with Crippen molar-refractivity contribution in [2.75, 3.05) is 45.3 Å². The van der Waals surface area contributed by atoms with Crippen molar-refractivity contribution in [2.24, 2.45) is 0 Å². The third kappa shape index (κ3) is 4.38. The molecule has 0 bridgehead atoms. The number of rotatable bonds is 6. The Morgan fingerprint density at radius 3 is 2.33 bits per heavy atom. The first kappa shape index (κ1) is 20.5. The summed E-state index contributed by atoms with van der Waals surface area (Å²) < 4.78 is 10.6. The Labute approximate surface area is 177 Å². The molecule has 2 aliphatic rings. The molecule has 0 radical (unpaired) electrons. The van der Waals surface area contributed by atoms with Gasteiger partial charge in [-0.15, -0.1) is 0 Å². The van der Waals surface area contributed by atoms with Crippen LogP contribution in [0.15, 0.2) is 18.2 Å². The average Bonchev–Trinajstić information content (AvgIpc) is 3.29. The highest BCUT2D eigenvalue weighted by Gasteiger charge is 2.25. The third-order valence-electron chi connectivity index (χ3n) is 5.98. The zero-order chi connectivity index (χ0) is 21.1. The Kier molecular flexibility index (Phi) is 6.13. The SMILES string of the molecule is COc1cc(CN2CCCC(c3cc(O)nc(N4CCCC4)n3)C2)cc(OC)c1O. The van der Waals surface area contributed by atoms with E-state index < -0.39 is 0 Å². The molecule has 0 aliphatic carbocycles. The van der Waals surface area contributed by atoms with E-state index in [2.05, 4.69) is 14.8 Å². The van der Waals surface area contributed by atoms with E-state index in [1.807, 2.05) is 12.1 Å². The number of piperidine rings is 1. The maximum Gasteiger partial charge on any atom is 0.228 e. The fraction of sp³-hybridized carbons (Fsp3) is 0.545. The number of benzene rings is 1. The predicted octanol–water partition coefficient (Wildman–Crippen LogP) is 2.88. The zero-order valence-electron chi connectivity index (χ0n) is 17.7. The highest BCUT2D eigenvalue weighted by Crippen LogP contribution is 2.38. The van der Waals surface area contributed by atoms with Crippen molar-refractivity contribution in [1.29, 1.82) is 0 Å². The summed E-state index contributed by atoms with van der Waals surface area (Å²) in [7, 11) is 3.07. The van der Waals surface area contributed by atoms with Crippen molar-refractivity contribution in [3.8, 4) is 23.1 Å². The molecular weight excluding hydrogens is 384 g/mol. The molecule has 1 atom stereocenters. The number of phenols is 1. The zero-order valence-corrected chi connectivity index (χ0v) is 17.7. The second-order valence-corrected chi connectivity index (χ2v) is 8.07. The quantitative estimate of drug-likeness (QED) is 0.746. The van der Waals surface area contributed by atoms with Gasteiger partial charge in [0.2, 0.25) is 17.6 Å². The molecule has 2 N–H and O–H groups in total. The van der Waals surface area contributed by atoms with E-state index in [0.717, 1.165) is 69.7 Å². The van der Waals surface area contributed by atoms with Gasteiger partial charge >= 0.3 is 0 Å². The molecule has 0 saturated carbocycles. The molecular formula is C22H30N4O4. The highest BCUT2D eigenvalue weighted by molar-refractivity contribution is 5.52. The van der Waals surface area contributed by atoms with Gasteiger partial charge < -0.3 is 24.6 Å². The lowest BCUT2D eigenvalue weighted by atomic mass is 9.94. The van der Waals surface area contributed by atoms with Crippen LogP contribution in [0.1, 0.15) is 42.9 Å². The summed E-state index contributed by atoms with van der Waals surface area (Å²) >= 11 is 0. The first-order valence-electron chi connectivity index (χ1n) is 10.6. The lowest BCUT2D eigenvalue weighted by molar-refractivity contribution is 0.197. The van der Waals surface area contributed by atoms with Crippen LogP contribution in [0.4, 0.5) is 5.95 Å². The van der Waals surface area contributed by atoms with Gasteiger partial charge in [0.05, 0.1) is 19.9 Å². The third-order valence-corrected chi connectivity index (χ3v) is 5.98. The summed E-state index contributed by atoms with van der Waals surface area (Å²) in [6.45, 7) is 4.45. The van der Waals surface area contributed by atoms with E-state index >= 15 is 0 Å². The first-order chi connectivity index (χ1) is 14.6. The summed E-state index contributed by atoms with van der Waals surface area (Å²) in [6, 6.07) is 5.41. The maximum atomic E-state index is 10.2. The van der Waals surface area contributed by atoms with Crippen LogP contribution in [0.3, 0.4) is 0 Å². The van der Waals surface area contributed by atoms with Crippen LogP contribution in [-0.2, 0) is 6.54 Å². The Morgan fingerprint density at radius 1 is 0.967 bits per heavy atom. The van der Waals surface area contributed by atoms with E-state index in [4.69, 9.17) is 14.5 Å². The Bertz CT molecular complexity index is 860. The number of hydrogen-bond donors (Lipinski definition) is 2. The van der Waals surface area contributed by atoms with Gasteiger partial charge in [0, 0.05) is 38.2 Å². The molecule has 0 spiro atoms. The van der Waals surface area contributed by atoms with Gasteiger partial charge in [-0.05, 0) is 49.9 Å². The number of anilines is 1. The van der Waals surface area contributed by atoms with E-state index in [1.54, 1.807) is 6.07 Å². The molecule has 3 heterocycles. The number of aromatic hydroxyl groups is 2. The fourth-order valence-electron chi connectivity index (χ4n) is 4.45. The van der Waals surface area contributed by atoms with Crippen LogP contribution in [-0.4, -0.2) is 65.5 Å². The van der Waals surface area contributed by atoms with Crippen LogP contribution in [0.5, 0.6) is 23.1 Å². The number of phenolic OH excluding ortho intramolecular Hbond substituents is 1. The molecule has 8 heteroatoms. The summed E-state index contributed by atoms with van der Waals surface area (Å²) in [4.78, 5) is 13.6. The molecule has 1 unspecified atom stereocenters. The van der Waals surface area contributed by atoms with Crippen molar-refractivity contribution >= 4 is 5.95 Å². The van der Waals surface area contributed by atoms with Crippen molar-refractivity contribution in [3.05, 3.63) is 29.5 Å². The monoisotopic (exact) mass is 414 g/mol. The van der Waals surface area contributed by atoms with Crippen LogP contribution in [0.25, 0.3) is 0 Å². The molecule has 2 saturated heterocycles. The van der Waals surface area contributed by atoms with E-state index in [1.165, 1.54) is 14.2 Å². The Hall–Kier alpha value is -2.74. The molecule has 2 aromatic rings. The van der Waals surface area contributed by atoms with Gasteiger partial charge in [-0.3, -0.25) is 4.90 Å². The number of hydrogen-bond acceptors (Lipinski definition) is 8. The van der Waals surface area contributed by atoms with Gasteiger partial charge in [-0.2, -0.15) is 4.98 Å². The maximum absolute atomic E-state index is 10.2. The largest absolute Gasteiger partial charge is 0.502 e. The molecule has 2 fully saturated rings. The van der Waals surface area contributed by atoms with E-state index in [9.17, 15) is 10.2 Å². The van der Waals surface area contributed by atoms with Crippen LogP contribution >= 0.6 is 0 Å². The molecule has 1 aromatic heterocycles. The molecule has 8 nitrogen and oxygen atoms in total. The van der Waals surface area contributed by atoms with Crippen LogP contribution in [0.2, 0.25) is 0 Å². The Morgan fingerprint density at radius 2 is 1.67 bits per heavy atom. The minimum absolute atomic E-state index is 0.0196. The number of methoxy groups -OCH3 is 2. The van der Waals surface area contributed by atoms with Crippen molar-refractivity contribution in [2.45, 2.75) is 38.1 Å². The van der Waals surface area contributed by atoms with Gasteiger partial charge in [0.25, 0.3) is 0 Å². The topological polar surface area (TPSA) is 91.2 Å². The number of likely N-dealkylation sites (tertiary alicyclic amines) is 1. The lowest BCUT2D eigenvalue weighted by Crippen LogP contribution is -2.34. The summed E-state index contributed by atoms with van der Waals surface area (Å²) in [5.74, 6) is 1.78. The summed E-state index contributed by atoms with van der Waals surface area (Å²) in [6.07, 6.45) is 4.38. The minimum atomic E-state index is 0.0196. The number of aromatic nitrogens is 2. The molecule has 30 heavy (non-hydrogen) atoms. The lowest BCUT2D eigenvalue weighted by Gasteiger charge is -2.33. The second-order valence-electron chi connectivity index (χ2n) is 8.07.